The monoisotopic (exact) mass is 241 g/mol. The van der Waals surface area contributed by atoms with Crippen LogP contribution in [0.25, 0.3) is 0 Å². The second-order valence-electron chi connectivity index (χ2n) is 6.30. The van der Waals surface area contributed by atoms with E-state index >= 15 is 0 Å². The number of hydrogen-bond donors (Lipinski definition) is 0. The molecular weight excluding hydrogens is 206 g/mol. The van der Waals surface area contributed by atoms with E-state index in [2.05, 4.69) is 39.8 Å². The van der Waals surface area contributed by atoms with E-state index in [1.165, 1.54) is 57.9 Å². The molecule has 0 fully saturated rings. The lowest BCUT2D eigenvalue weighted by Gasteiger charge is -2.22. The molecule has 0 amide bonds. The molecule has 0 saturated carbocycles. The Morgan fingerprint density at radius 1 is 0.824 bits per heavy atom. The van der Waals surface area contributed by atoms with Gasteiger partial charge in [-0.2, -0.15) is 0 Å². The lowest BCUT2D eigenvalue weighted by molar-refractivity contribution is 0.280. The predicted molar refractivity (Wildman–Crippen MR) is 79.5 cm³/mol. The Kier molecular flexibility index (Phi) is 11.0. The van der Waals surface area contributed by atoms with Gasteiger partial charge in [-0.15, -0.1) is 0 Å². The van der Waals surface area contributed by atoms with E-state index in [0.29, 0.717) is 0 Å². The van der Waals surface area contributed by atoms with Gasteiger partial charge < -0.3 is 4.90 Å². The molecule has 0 aliphatic heterocycles. The van der Waals surface area contributed by atoms with Crippen LogP contribution in [-0.2, 0) is 0 Å². The smallest absolute Gasteiger partial charge is 0.000356 e. The molecule has 0 aromatic rings. The summed E-state index contributed by atoms with van der Waals surface area (Å²) in [5, 5.41) is 0. The Labute approximate surface area is 110 Å². The van der Waals surface area contributed by atoms with Gasteiger partial charge in [0.1, 0.15) is 0 Å². The van der Waals surface area contributed by atoms with Crippen LogP contribution < -0.4 is 0 Å². The minimum absolute atomic E-state index is 0.861. The van der Waals surface area contributed by atoms with Crippen molar-refractivity contribution in [3.63, 3.8) is 0 Å². The van der Waals surface area contributed by atoms with Gasteiger partial charge in [-0.25, -0.2) is 0 Å². The summed E-state index contributed by atoms with van der Waals surface area (Å²) in [6.45, 7) is 8.25. The fraction of sp³-hybridized carbons (Fsp3) is 1.00. The summed E-state index contributed by atoms with van der Waals surface area (Å²) in [6.07, 6.45) is 11.4. The highest BCUT2D eigenvalue weighted by Crippen LogP contribution is 2.19. The van der Waals surface area contributed by atoms with Gasteiger partial charge in [-0.1, -0.05) is 59.3 Å². The lowest BCUT2D eigenvalue weighted by Crippen LogP contribution is -2.22. The first-order chi connectivity index (χ1) is 8.06. The molecule has 0 N–H and O–H groups in total. The molecule has 0 rings (SSSR count). The maximum atomic E-state index is 2.36. The van der Waals surface area contributed by atoms with Crippen molar-refractivity contribution in [2.75, 3.05) is 20.6 Å². The molecule has 0 radical (unpaired) electrons. The van der Waals surface area contributed by atoms with E-state index < -0.39 is 0 Å². The number of rotatable bonds is 11. The van der Waals surface area contributed by atoms with Crippen LogP contribution in [0, 0.1) is 11.8 Å². The SMILES string of the molecule is CCCCCCCC(CCC(C)C)CN(C)C. The molecule has 0 spiro atoms. The van der Waals surface area contributed by atoms with Crippen LogP contribution in [-0.4, -0.2) is 25.5 Å². The summed E-state index contributed by atoms with van der Waals surface area (Å²) in [7, 11) is 4.42. The normalized spacial score (nSPS) is 13.6. The summed E-state index contributed by atoms with van der Waals surface area (Å²) in [5.74, 6) is 1.79. The second kappa shape index (κ2) is 11.1. The summed E-state index contributed by atoms with van der Waals surface area (Å²) >= 11 is 0. The average Bonchev–Trinajstić information content (AvgIpc) is 2.24. The number of hydrogen-bond acceptors (Lipinski definition) is 1. The van der Waals surface area contributed by atoms with Crippen molar-refractivity contribution in [2.45, 2.75) is 72.1 Å². The van der Waals surface area contributed by atoms with Gasteiger partial charge in [-0.05, 0) is 38.8 Å². The van der Waals surface area contributed by atoms with Crippen molar-refractivity contribution in [2.24, 2.45) is 11.8 Å². The minimum atomic E-state index is 0.861. The maximum Gasteiger partial charge on any atom is 0.000356 e. The van der Waals surface area contributed by atoms with Gasteiger partial charge in [0.2, 0.25) is 0 Å². The summed E-state index contributed by atoms with van der Waals surface area (Å²) in [5.41, 5.74) is 0. The van der Waals surface area contributed by atoms with E-state index in [1.807, 2.05) is 0 Å². The minimum Gasteiger partial charge on any atom is -0.309 e. The molecule has 17 heavy (non-hydrogen) atoms. The van der Waals surface area contributed by atoms with Crippen molar-refractivity contribution < 1.29 is 0 Å². The zero-order valence-corrected chi connectivity index (χ0v) is 13.0. The highest BCUT2D eigenvalue weighted by Gasteiger charge is 2.10. The fourth-order valence-corrected chi connectivity index (χ4v) is 2.45. The largest absolute Gasteiger partial charge is 0.309 e. The zero-order chi connectivity index (χ0) is 13.1. The van der Waals surface area contributed by atoms with Gasteiger partial charge in [0.25, 0.3) is 0 Å². The Morgan fingerprint density at radius 2 is 1.47 bits per heavy atom. The van der Waals surface area contributed by atoms with E-state index in [0.717, 1.165) is 11.8 Å². The third kappa shape index (κ3) is 12.2. The molecule has 0 aromatic heterocycles. The van der Waals surface area contributed by atoms with Crippen LogP contribution in [0.3, 0.4) is 0 Å². The van der Waals surface area contributed by atoms with Gasteiger partial charge >= 0.3 is 0 Å². The van der Waals surface area contributed by atoms with E-state index in [9.17, 15) is 0 Å². The molecule has 0 saturated heterocycles. The predicted octanol–water partition coefficient (Wildman–Crippen LogP) is 4.96. The third-order valence-electron chi connectivity index (χ3n) is 3.49. The maximum absolute atomic E-state index is 2.36. The standard InChI is InChI=1S/C16H35N/c1-6-7-8-9-10-11-16(14-17(4)5)13-12-15(2)3/h15-16H,6-14H2,1-5H3. The number of unbranched alkanes of at least 4 members (excludes halogenated alkanes) is 4. The molecule has 0 aliphatic rings. The molecule has 1 atom stereocenters. The van der Waals surface area contributed by atoms with Crippen LogP contribution in [0.5, 0.6) is 0 Å². The van der Waals surface area contributed by atoms with E-state index in [1.54, 1.807) is 0 Å². The van der Waals surface area contributed by atoms with Crippen molar-refractivity contribution in [1.29, 1.82) is 0 Å². The van der Waals surface area contributed by atoms with Gasteiger partial charge in [0.15, 0.2) is 0 Å². The van der Waals surface area contributed by atoms with Crippen LogP contribution in [0.15, 0.2) is 0 Å². The second-order valence-corrected chi connectivity index (χ2v) is 6.30. The van der Waals surface area contributed by atoms with Crippen LogP contribution in [0.4, 0.5) is 0 Å². The molecule has 0 heterocycles. The summed E-state index contributed by atoms with van der Waals surface area (Å²) in [4.78, 5) is 2.36. The first-order valence-electron chi connectivity index (χ1n) is 7.71. The summed E-state index contributed by atoms with van der Waals surface area (Å²) in [6, 6.07) is 0. The van der Waals surface area contributed by atoms with Crippen LogP contribution in [0.1, 0.15) is 72.1 Å². The Bertz CT molecular complexity index is 152. The Morgan fingerprint density at radius 3 is 2.00 bits per heavy atom. The van der Waals surface area contributed by atoms with Crippen molar-refractivity contribution >= 4 is 0 Å². The molecule has 0 bridgehead atoms. The van der Waals surface area contributed by atoms with Crippen molar-refractivity contribution in [3.05, 3.63) is 0 Å². The van der Waals surface area contributed by atoms with Crippen molar-refractivity contribution in [3.8, 4) is 0 Å². The summed E-state index contributed by atoms with van der Waals surface area (Å²) < 4.78 is 0. The average molecular weight is 241 g/mol. The molecule has 104 valence electrons. The Balaban J connectivity index is 3.69. The molecule has 0 aromatic carbocycles. The lowest BCUT2D eigenvalue weighted by atomic mass is 9.92. The quantitative estimate of drug-likeness (QED) is 0.462. The zero-order valence-electron chi connectivity index (χ0n) is 13.0. The first kappa shape index (κ1) is 17.0. The Hall–Kier alpha value is -0.0400. The highest BCUT2D eigenvalue weighted by molar-refractivity contribution is 4.64. The fourth-order valence-electron chi connectivity index (χ4n) is 2.45. The third-order valence-corrected chi connectivity index (χ3v) is 3.49. The topological polar surface area (TPSA) is 3.24 Å². The number of nitrogens with zero attached hydrogens (tertiary/aromatic N) is 1. The van der Waals surface area contributed by atoms with E-state index in [4.69, 9.17) is 0 Å². The van der Waals surface area contributed by atoms with Gasteiger partial charge in [0, 0.05) is 6.54 Å². The first-order valence-corrected chi connectivity index (χ1v) is 7.71. The van der Waals surface area contributed by atoms with E-state index in [-0.39, 0.29) is 0 Å². The molecule has 1 unspecified atom stereocenters. The molecular formula is C16H35N. The molecule has 0 aliphatic carbocycles. The highest BCUT2D eigenvalue weighted by atomic mass is 15.1. The van der Waals surface area contributed by atoms with Crippen LogP contribution in [0.2, 0.25) is 0 Å². The molecule has 1 nitrogen and oxygen atoms in total. The van der Waals surface area contributed by atoms with Gasteiger partial charge in [-0.3, -0.25) is 0 Å². The van der Waals surface area contributed by atoms with Crippen molar-refractivity contribution in [1.82, 2.24) is 4.90 Å². The van der Waals surface area contributed by atoms with Gasteiger partial charge in [0.05, 0.1) is 0 Å². The van der Waals surface area contributed by atoms with Crippen LogP contribution >= 0.6 is 0 Å². The molecule has 1 heteroatoms.